The number of fused-ring (bicyclic) bond motifs is 1. The summed E-state index contributed by atoms with van der Waals surface area (Å²) in [6.45, 7) is 2.39. The minimum absolute atomic E-state index is 0.0968. The van der Waals surface area contributed by atoms with Crippen molar-refractivity contribution in [3.05, 3.63) is 29.8 Å². The van der Waals surface area contributed by atoms with Crippen molar-refractivity contribution in [1.82, 2.24) is 10.6 Å². The maximum absolute atomic E-state index is 12.0. The average molecular weight is 388 g/mol. The van der Waals surface area contributed by atoms with Crippen LogP contribution in [0.2, 0.25) is 0 Å². The highest BCUT2D eigenvalue weighted by atomic mass is 16.6. The first-order valence-electron chi connectivity index (χ1n) is 9.41. The van der Waals surface area contributed by atoms with E-state index >= 15 is 0 Å². The Morgan fingerprint density at radius 1 is 1.14 bits per heavy atom. The third kappa shape index (κ3) is 5.48. The summed E-state index contributed by atoms with van der Waals surface area (Å²) >= 11 is 0. The second kappa shape index (κ2) is 9.25. The fourth-order valence-corrected chi connectivity index (χ4v) is 3.10. The molecule has 0 radical (unpaired) electrons. The van der Waals surface area contributed by atoms with Gasteiger partial charge in [0.05, 0.1) is 0 Å². The molecule has 8 nitrogen and oxygen atoms in total. The molecule has 1 aliphatic carbocycles. The predicted molar refractivity (Wildman–Crippen MR) is 101 cm³/mol. The number of ether oxygens (including phenoxy) is 3. The number of hydrogen-bond acceptors (Lipinski definition) is 6. The highest BCUT2D eigenvalue weighted by Gasteiger charge is 2.22. The van der Waals surface area contributed by atoms with E-state index in [1.165, 1.54) is 13.0 Å². The second-order valence-electron chi connectivity index (χ2n) is 6.76. The lowest BCUT2D eigenvalue weighted by Crippen LogP contribution is -2.47. The summed E-state index contributed by atoms with van der Waals surface area (Å²) in [6.07, 6.45) is 5.65. The quantitative estimate of drug-likeness (QED) is 0.592. The number of carbonyl (C=O) groups excluding carboxylic acids is 3. The summed E-state index contributed by atoms with van der Waals surface area (Å²) in [5.41, 5.74) is 0.731. The Labute approximate surface area is 163 Å². The molecule has 0 aromatic heterocycles. The lowest BCUT2D eigenvalue weighted by atomic mass is 10.2. The third-order valence-electron chi connectivity index (χ3n) is 4.57. The molecule has 0 spiro atoms. The zero-order valence-corrected chi connectivity index (χ0v) is 15.7. The van der Waals surface area contributed by atoms with Gasteiger partial charge in [0.2, 0.25) is 0 Å². The summed E-state index contributed by atoms with van der Waals surface area (Å²) in [5, 5.41) is 4.94. The summed E-state index contributed by atoms with van der Waals surface area (Å²) in [7, 11) is 0. The normalized spacial score (nSPS) is 17.2. The molecule has 1 heterocycles. The summed E-state index contributed by atoms with van der Waals surface area (Å²) in [5.74, 6) is -0.0831. The van der Waals surface area contributed by atoms with E-state index in [1.807, 2.05) is 0 Å². The maximum Gasteiger partial charge on any atom is 0.331 e. The SMILES string of the molecule is C[C@@H](OC(=O)/C=C/c1ccc2c(c1)OCCO2)C(=O)NC(=O)NC1CCCC1. The zero-order chi connectivity index (χ0) is 19.9. The average Bonchev–Trinajstić information content (AvgIpc) is 3.19. The second-order valence-corrected chi connectivity index (χ2v) is 6.76. The molecule has 2 N–H and O–H groups in total. The number of hydrogen-bond donors (Lipinski definition) is 2. The Morgan fingerprint density at radius 2 is 1.86 bits per heavy atom. The van der Waals surface area contributed by atoms with Crippen LogP contribution in [0.3, 0.4) is 0 Å². The van der Waals surface area contributed by atoms with Gasteiger partial charge in [-0.15, -0.1) is 0 Å². The molecule has 2 aliphatic rings. The molecular weight excluding hydrogens is 364 g/mol. The van der Waals surface area contributed by atoms with Gasteiger partial charge in [-0.1, -0.05) is 18.9 Å². The lowest BCUT2D eigenvalue weighted by Gasteiger charge is -2.18. The molecule has 0 saturated heterocycles. The molecular formula is C20H24N2O6. The summed E-state index contributed by atoms with van der Waals surface area (Å²) < 4.78 is 16.0. The molecule has 3 amide bonds. The van der Waals surface area contributed by atoms with Crippen LogP contribution in [-0.2, 0) is 14.3 Å². The lowest BCUT2D eigenvalue weighted by molar-refractivity contribution is -0.149. The molecule has 1 atom stereocenters. The number of amides is 3. The number of benzene rings is 1. The van der Waals surface area contributed by atoms with Crippen LogP contribution < -0.4 is 20.1 Å². The van der Waals surface area contributed by atoms with Gasteiger partial charge in [-0.25, -0.2) is 9.59 Å². The molecule has 1 aliphatic heterocycles. The smallest absolute Gasteiger partial charge is 0.331 e. The monoisotopic (exact) mass is 388 g/mol. The molecule has 0 bridgehead atoms. The van der Waals surface area contributed by atoms with Gasteiger partial charge in [0.15, 0.2) is 17.6 Å². The molecule has 1 aromatic rings. The minimum Gasteiger partial charge on any atom is -0.486 e. The molecule has 3 rings (SSSR count). The topological polar surface area (TPSA) is 103 Å². The summed E-state index contributed by atoms with van der Waals surface area (Å²) in [6, 6.07) is 4.83. The van der Waals surface area contributed by atoms with E-state index in [1.54, 1.807) is 24.3 Å². The number of rotatable bonds is 5. The van der Waals surface area contributed by atoms with Gasteiger partial charge in [-0.2, -0.15) is 0 Å². The Kier molecular flexibility index (Phi) is 6.52. The summed E-state index contributed by atoms with van der Waals surface area (Å²) in [4.78, 5) is 35.7. The predicted octanol–water partition coefficient (Wildman–Crippen LogP) is 2.17. The van der Waals surface area contributed by atoms with Crippen LogP contribution in [0.1, 0.15) is 38.2 Å². The number of carbonyl (C=O) groups is 3. The van der Waals surface area contributed by atoms with Gasteiger partial charge in [0.25, 0.3) is 5.91 Å². The van der Waals surface area contributed by atoms with E-state index in [4.69, 9.17) is 14.2 Å². The van der Waals surface area contributed by atoms with Crippen LogP contribution in [0.25, 0.3) is 6.08 Å². The van der Waals surface area contributed by atoms with Gasteiger partial charge in [0.1, 0.15) is 13.2 Å². The van der Waals surface area contributed by atoms with E-state index in [0.717, 1.165) is 31.2 Å². The molecule has 150 valence electrons. The van der Waals surface area contributed by atoms with Crippen LogP contribution in [0, 0.1) is 0 Å². The van der Waals surface area contributed by atoms with E-state index < -0.39 is 24.0 Å². The van der Waals surface area contributed by atoms with Crippen LogP contribution >= 0.6 is 0 Å². The van der Waals surface area contributed by atoms with E-state index in [-0.39, 0.29) is 6.04 Å². The van der Waals surface area contributed by atoms with Crippen molar-refractivity contribution >= 4 is 24.0 Å². The maximum atomic E-state index is 12.0. The molecule has 0 unspecified atom stereocenters. The molecule has 8 heteroatoms. The van der Waals surface area contributed by atoms with Gasteiger partial charge in [-0.3, -0.25) is 10.1 Å². The molecule has 1 fully saturated rings. The minimum atomic E-state index is -1.09. The standard InChI is InChI=1S/C20H24N2O6/c1-13(19(24)22-20(25)21-15-4-2-3-5-15)28-18(23)9-7-14-6-8-16-17(12-14)27-11-10-26-16/h6-9,12-13,15H,2-5,10-11H2,1H3,(H2,21,22,24,25)/b9-7+/t13-/m1/s1. The van der Waals surface area contributed by atoms with Crippen molar-refractivity contribution in [3.63, 3.8) is 0 Å². The van der Waals surface area contributed by atoms with Crippen LogP contribution in [0.5, 0.6) is 11.5 Å². The first kappa shape index (κ1) is 19.7. The van der Waals surface area contributed by atoms with Gasteiger partial charge in [-0.05, 0) is 43.5 Å². The first-order valence-corrected chi connectivity index (χ1v) is 9.41. The Bertz CT molecular complexity index is 770. The zero-order valence-electron chi connectivity index (χ0n) is 15.7. The van der Waals surface area contributed by atoms with Crippen molar-refractivity contribution in [2.75, 3.05) is 13.2 Å². The largest absolute Gasteiger partial charge is 0.486 e. The van der Waals surface area contributed by atoms with Crippen molar-refractivity contribution in [2.45, 2.75) is 44.8 Å². The fourth-order valence-electron chi connectivity index (χ4n) is 3.10. The Morgan fingerprint density at radius 3 is 2.61 bits per heavy atom. The Balaban J connectivity index is 1.46. The van der Waals surface area contributed by atoms with Crippen LogP contribution in [0.15, 0.2) is 24.3 Å². The van der Waals surface area contributed by atoms with Crippen LogP contribution in [-0.4, -0.2) is 43.3 Å². The number of imide groups is 1. The third-order valence-corrected chi connectivity index (χ3v) is 4.57. The van der Waals surface area contributed by atoms with E-state index in [2.05, 4.69) is 10.6 Å². The van der Waals surface area contributed by atoms with Crippen molar-refractivity contribution < 1.29 is 28.6 Å². The van der Waals surface area contributed by atoms with E-state index in [9.17, 15) is 14.4 Å². The highest BCUT2D eigenvalue weighted by Crippen LogP contribution is 2.31. The van der Waals surface area contributed by atoms with Crippen LogP contribution in [0.4, 0.5) is 4.79 Å². The number of esters is 1. The molecule has 1 saturated carbocycles. The van der Waals surface area contributed by atoms with E-state index in [0.29, 0.717) is 24.7 Å². The van der Waals surface area contributed by atoms with Crippen molar-refractivity contribution in [3.8, 4) is 11.5 Å². The first-order chi connectivity index (χ1) is 13.5. The fraction of sp³-hybridized carbons (Fsp3) is 0.450. The van der Waals surface area contributed by atoms with Gasteiger partial charge < -0.3 is 19.5 Å². The molecule has 1 aromatic carbocycles. The van der Waals surface area contributed by atoms with Gasteiger partial charge in [0, 0.05) is 12.1 Å². The van der Waals surface area contributed by atoms with Gasteiger partial charge >= 0.3 is 12.0 Å². The Hall–Kier alpha value is -3.03. The highest BCUT2D eigenvalue weighted by molar-refractivity contribution is 5.98. The number of nitrogens with one attached hydrogen (secondary N) is 2. The molecule has 28 heavy (non-hydrogen) atoms. The number of urea groups is 1. The van der Waals surface area contributed by atoms with Crippen molar-refractivity contribution in [2.24, 2.45) is 0 Å². The van der Waals surface area contributed by atoms with Crippen molar-refractivity contribution in [1.29, 1.82) is 0 Å².